The fourth-order valence-corrected chi connectivity index (χ4v) is 3.95. The average molecular weight is 334 g/mol. The number of hydrogen-bond donors (Lipinski definition) is 0. The van der Waals surface area contributed by atoms with Gasteiger partial charge in [0.25, 0.3) is 5.91 Å². The zero-order valence-electron chi connectivity index (χ0n) is 13.4. The minimum absolute atomic E-state index is 0.0695. The minimum atomic E-state index is -0.719. The van der Waals surface area contributed by atoms with Crippen LogP contribution in [0.2, 0.25) is 0 Å². The maximum atomic E-state index is 13.9. The van der Waals surface area contributed by atoms with E-state index in [2.05, 4.69) is 5.16 Å². The predicted molar refractivity (Wildman–Crippen MR) is 84.5 cm³/mol. The Bertz CT molecular complexity index is 688. The second-order valence-electron chi connectivity index (χ2n) is 6.89. The maximum Gasteiger partial charge on any atom is 0.267 e. The van der Waals surface area contributed by atoms with Gasteiger partial charge in [0.2, 0.25) is 6.10 Å². The van der Waals surface area contributed by atoms with Crippen molar-refractivity contribution in [2.24, 2.45) is 11.1 Å². The molecule has 128 valence electrons. The Kier molecular flexibility index (Phi) is 3.98. The van der Waals surface area contributed by atoms with Crippen LogP contribution in [-0.4, -0.2) is 35.2 Å². The number of nitrogens with zero attached hydrogens (tertiary/aromatic N) is 2. The molecule has 2 aliphatic heterocycles. The third kappa shape index (κ3) is 2.68. The highest BCUT2D eigenvalue weighted by molar-refractivity contribution is 6.04. The van der Waals surface area contributed by atoms with E-state index in [1.807, 2.05) is 4.90 Å². The second-order valence-corrected chi connectivity index (χ2v) is 6.89. The molecule has 1 amide bonds. The highest BCUT2D eigenvalue weighted by Gasteiger charge is 2.41. The Morgan fingerprint density at radius 3 is 2.79 bits per heavy atom. The van der Waals surface area contributed by atoms with Gasteiger partial charge in [0.15, 0.2) is 0 Å². The van der Waals surface area contributed by atoms with E-state index < -0.39 is 17.7 Å². The lowest BCUT2D eigenvalue weighted by Gasteiger charge is -2.37. The molecule has 2 fully saturated rings. The SMILES string of the molecule is O=C([C@H]1CC(c2cc(F)ccc2F)=NO1)N1CCC[C@H]1C1CCC1. The van der Waals surface area contributed by atoms with Gasteiger partial charge in [-0.1, -0.05) is 11.6 Å². The van der Waals surface area contributed by atoms with Gasteiger partial charge >= 0.3 is 0 Å². The van der Waals surface area contributed by atoms with Crippen molar-refractivity contribution in [2.75, 3.05) is 6.54 Å². The lowest BCUT2D eigenvalue weighted by molar-refractivity contribution is -0.144. The Morgan fingerprint density at radius 2 is 2.04 bits per heavy atom. The Labute approximate surface area is 139 Å². The summed E-state index contributed by atoms with van der Waals surface area (Å²) >= 11 is 0. The van der Waals surface area contributed by atoms with Crippen molar-refractivity contribution in [1.82, 2.24) is 4.90 Å². The summed E-state index contributed by atoms with van der Waals surface area (Å²) in [5.41, 5.74) is 0.368. The molecule has 24 heavy (non-hydrogen) atoms. The number of hydrogen-bond acceptors (Lipinski definition) is 3. The number of carbonyl (C=O) groups is 1. The largest absolute Gasteiger partial charge is 0.382 e. The Balaban J connectivity index is 1.45. The molecule has 0 radical (unpaired) electrons. The summed E-state index contributed by atoms with van der Waals surface area (Å²) in [5, 5.41) is 3.85. The predicted octanol–water partition coefficient (Wildman–Crippen LogP) is 3.25. The normalized spacial score (nSPS) is 26.9. The van der Waals surface area contributed by atoms with Gasteiger partial charge in [-0.3, -0.25) is 4.79 Å². The molecule has 1 saturated heterocycles. The van der Waals surface area contributed by atoms with Crippen molar-refractivity contribution in [1.29, 1.82) is 0 Å². The topological polar surface area (TPSA) is 41.9 Å². The van der Waals surface area contributed by atoms with E-state index in [1.165, 1.54) is 19.3 Å². The van der Waals surface area contributed by atoms with Gasteiger partial charge in [-0.2, -0.15) is 0 Å². The van der Waals surface area contributed by atoms with Gasteiger partial charge in [0.05, 0.1) is 5.71 Å². The highest BCUT2D eigenvalue weighted by atomic mass is 19.1. The number of amides is 1. The molecule has 1 aromatic rings. The van der Waals surface area contributed by atoms with E-state index in [9.17, 15) is 13.6 Å². The molecule has 4 nitrogen and oxygen atoms in total. The van der Waals surface area contributed by atoms with Gasteiger partial charge in [-0.15, -0.1) is 0 Å². The number of oxime groups is 1. The summed E-state index contributed by atoms with van der Waals surface area (Å²) in [5.74, 6) is -0.548. The van der Waals surface area contributed by atoms with Crippen LogP contribution in [0.3, 0.4) is 0 Å². The second kappa shape index (κ2) is 6.15. The maximum absolute atomic E-state index is 13.9. The number of halogens is 2. The lowest BCUT2D eigenvalue weighted by Crippen LogP contribution is -2.46. The third-order valence-electron chi connectivity index (χ3n) is 5.46. The molecule has 2 atom stereocenters. The summed E-state index contributed by atoms with van der Waals surface area (Å²) in [6.45, 7) is 0.753. The van der Waals surface area contributed by atoms with Crippen LogP contribution in [0.15, 0.2) is 23.4 Å². The average Bonchev–Trinajstić information content (AvgIpc) is 3.17. The summed E-state index contributed by atoms with van der Waals surface area (Å²) in [6.07, 6.45) is 5.17. The molecule has 1 aromatic carbocycles. The highest BCUT2D eigenvalue weighted by Crippen LogP contribution is 2.38. The first-order chi connectivity index (χ1) is 11.6. The van der Waals surface area contributed by atoms with Gasteiger partial charge in [0, 0.05) is 24.6 Å². The smallest absolute Gasteiger partial charge is 0.267 e. The molecule has 2 heterocycles. The van der Waals surface area contributed by atoms with E-state index >= 15 is 0 Å². The standard InChI is InChI=1S/C18H20F2N2O2/c19-12-6-7-14(20)13(9-12)15-10-17(24-21-15)18(23)22-8-2-5-16(22)11-3-1-4-11/h6-7,9,11,16-17H,1-5,8,10H2/t16-,17+/m0/s1. The molecular weight excluding hydrogens is 314 g/mol. The quantitative estimate of drug-likeness (QED) is 0.851. The van der Waals surface area contributed by atoms with Crippen LogP contribution in [-0.2, 0) is 9.63 Å². The van der Waals surface area contributed by atoms with Crippen molar-refractivity contribution in [3.63, 3.8) is 0 Å². The first kappa shape index (κ1) is 15.5. The Hall–Kier alpha value is -1.98. The van der Waals surface area contributed by atoms with E-state index in [0.717, 1.165) is 37.6 Å². The van der Waals surface area contributed by atoms with Crippen molar-refractivity contribution < 1.29 is 18.4 Å². The zero-order valence-corrected chi connectivity index (χ0v) is 13.4. The molecule has 1 aliphatic carbocycles. The van der Waals surface area contributed by atoms with Crippen molar-refractivity contribution >= 4 is 11.6 Å². The summed E-state index contributed by atoms with van der Waals surface area (Å²) in [7, 11) is 0. The Morgan fingerprint density at radius 1 is 1.21 bits per heavy atom. The van der Waals surface area contributed by atoms with Crippen LogP contribution in [0.1, 0.15) is 44.1 Å². The summed E-state index contributed by atoms with van der Waals surface area (Å²) < 4.78 is 27.2. The number of likely N-dealkylation sites (tertiary alicyclic amines) is 1. The molecule has 0 N–H and O–H groups in total. The van der Waals surface area contributed by atoms with E-state index in [4.69, 9.17) is 4.84 Å². The first-order valence-corrected chi connectivity index (χ1v) is 8.62. The van der Waals surface area contributed by atoms with Gasteiger partial charge in [-0.05, 0) is 49.8 Å². The minimum Gasteiger partial charge on any atom is -0.382 e. The lowest BCUT2D eigenvalue weighted by atomic mass is 9.78. The summed E-state index contributed by atoms with van der Waals surface area (Å²) in [4.78, 5) is 20.0. The molecule has 4 rings (SSSR count). The van der Waals surface area contributed by atoms with Crippen LogP contribution < -0.4 is 0 Å². The number of benzene rings is 1. The van der Waals surface area contributed by atoms with Gasteiger partial charge in [-0.25, -0.2) is 8.78 Å². The van der Waals surface area contributed by atoms with Crippen LogP contribution in [0.25, 0.3) is 0 Å². The van der Waals surface area contributed by atoms with E-state index in [0.29, 0.717) is 17.7 Å². The monoisotopic (exact) mass is 334 g/mol. The van der Waals surface area contributed by atoms with E-state index in [1.54, 1.807) is 0 Å². The van der Waals surface area contributed by atoms with Crippen LogP contribution in [0, 0.1) is 17.6 Å². The zero-order chi connectivity index (χ0) is 16.7. The summed E-state index contributed by atoms with van der Waals surface area (Å²) in [6, 6.07) is 3.53. The van der Waals surface area contributed by atoms with Crippen LogP contribution in [0.4, 0.5) is 8.78 Å². The molecule has 0 bridgehead atoms. The third-order valence-corrected chi connectivity index (χ3v) is 5.46. The van der Waals surface area contributed by atoms with Crippen LogP contribution >= 0.6 is 0 Å². The molecule has 3 aliphatic rings. The van der Waals surface area contributed by atoms with Crippen molar-refractivity contribution in [3.05, 3.63) is 35.4 Å². The number of carbonyl (C=O) groups excluding carboxylic acids is 1. The fourth-order valence-electron chi connectivity index (χ4n) is 3.95. The first-order valence-electron chi connectivity index (χ1n) is 8.62. The van der Waals surface area contributed by atoms with Crippen molar-refractivity contribution in [2.45, 2.75) is 50.7 Å². The molecule has 0 aromatic heterocycles. The van der Waals surface area contributed by atoms with Crippen molar-refractivity contribution in [3.8, 4) is 0 Å². The van der Waals surface area contributed by atoms with Crippen LogP contribution in [0.5, 0.6) is 0 Å². The fraction of sp³-hybridized carbons (Fsp3) is 0.556. The van der Waals surface area contributed by atoms with Gasteiger partial charge < -0.3 is 9.74 Å². The van der Waals surface area contributed by atoms with Gasteiger partial charge in [0.1, 0.15) is 11.6 Å². The molecule has 0 unspecified atom stereocenters. The molecule has 6 heteroatoms. The molecule has 1 saturated carbocycles. The number of rotatable bonds is 3. The molecular formula is C18H20F2N2O2. The van der Waals surface area contributed by atoms with E-state index in [-0.39, 0.29) is 17.9 Å². The molecule has 0 spiro atoms.